The Morgan fingerprint density at radius 3 is 2.69 bits per heavy atom. The van der Waals surface area contributed by atoms with E-state index < -0.39 is 0 Å². The van der Waals surface area contributed by atoms with Crippen molar-refractivity contribution in [2.45, 2.75) is 25.4 Å². The normalized spacial score (nSPS) is 13.3. The minimum absolute atomic E-state index is 0.0776. The number of amides is 2. The third-order valence-electron chi connectivity index (χ3n) is 5.13. The fourth-order valence-electron chi connectivity index (χ4n) is 3.30. The van der Waals surface area contributed by atoms with E-state index in [4.69, 9.17) is 5.73 Å². The van der Waals surface area contributed by atoms with Gasteiger partial charge in [-0.1, -0.05) is 12.1 Å². The minimum Gasteiger partial charge on any atom is -0.366 e. The number of rotatable bonds is 6. The molecular weight excluding hydrogens is 431 g/mol. The van der Waals surface area contributed by atoms with Crippen LogP contribution in [0.25, 0.3) is 16.8 Å². The van der Waals surface area contributed by atoms with Crippen LogP contribution in [0.15, 0.2) is 48.0 Å². The molecule has 0 spiro atoms. The smallest absolute Gasteiger partial charge is 0.261 e. The fourth-order valence-corrected chi connectivity index (χ4v) is 4.13. The van der Waals surface area contributed by atoms with E-state index in [1.807, 2.05) is 5.38 Å². The summed E-state index contributed by atoms with van der Waals surface area (Å²) in [6, 6.07) is 9.66. The van der Waals surface area contributed by atoms with E-state index in [0.29, 0.717) is 22.6 Å². The van der Waals surface area contributed by atoms with Crippen molar-refractivity contribution in [3.63, 3.8) is 0 Å². The predicted molar refractivity (Wildman–Crippen MR) is 119 cm³/mol. The number of anilines is 1. The molecule has 4 aromatic rings. The number of pyridine rings is 1. The molecular formula is C22H19FN6O2S. The first kappa shape index (κ1) is 20.1. The summed E-state index contributed by atoms with van der Waals surface area (Å²) in [6.07, 6.45) is 3.67. The van der Waals surface area contributed by atoms with Gasteiger partial charge in [0.1, 0.15) is 5.82 Å². The van der Waals surface area contributed by atoms with E-state index in [2.05, 4.69) is 20.7 Å². The van der Waals surface area contributed by atoms with E-state index in [0.717, 1.165) is 29.5 Å². The quantitative estimate of drug-likeness (QED) is 0.418. The van der Waals surface area contributed by atoms with Gasteiger partial charge in [-0.05, 0) is 53.6 Å². The largest absolute Gasteiger partial charge is 0.366 e. The third kappa shape index (κ3) is 4.17. The second-order valence-electron chi connectivity index (χ2n) is 7.64. The zero-order chi connectivity index (χ0) is 22.2. The highest BCUT2D eigenvalue weighted by Crippen LogP contribution is 2.28. The molecule has 162 valence electrons. The van der Waals surface area contributed by atoms with Gasteiger partial charge in [0.15, 0.2) is 5.65 Å². The Morgan fingerprint density at radius 2 is 1.94 bits per heavy atom. The summed E-state index contributed by atoms with van der Waals surface area (Å²) < 4.78 is 14.5. The highest BCUT2D eigenvalue weighted by Gasteiger charge is 2.26. The van der Waals surface area contributed by atoms with Crippen LogP contribution in [0, 0.1) is 5.82 Å². The lowest BCUT2D eigenvalue weighted by Gasteiger charge is -2.07. The SMILES string of the molecule is Nc1nc2c(C(=O)NC3CC3)cc(-c3csc(C(=O)NCc4ccc(F)cc4)c3)cn2n1. The first-order valence-electron chi connectivity index (χ1n) is 10.0. The van der Waals surface area contributed by atoms with Crippen LogP contribution >= 0.6 is 11.3 Å². The average molecular weight is 450 g/mol. The average Bonchev–Trinajstić information content (AvgIpc) is 3.30. The van der Waals surface area contributed by atoms with Gasteiger partial charge in [0.25, 0.3) is 11.8 Å². The van der Waals surface area contributed by atoms with Gasteiger partial charge in [0.05, 0.1) is 10.4 Å². The first-order valence-corrected chi connectivity index (χ1v) is 10.9. The van der Waals surface area contributed by atoms with Gasteiger partial charge in [-0.25, -0.2) is 8.91 Å². The van der Waals surface area contributed by atoms with Crippen molar-refractivity contribution in [3.8, 4) is 11.1 Å². The first-order chi connectivity index (χ1) is 15.5. The second-order valence-corrected chi connectivity index (χ2v) is 8.55. The number of hydrogen-bond acceptors (Lipinski definition) is 6. The van der Waals surface area contributed by atoms with Crippen molar-refractivity contribution in [2.75, 3.05) is 5.73 Å². The number of nitrogen functional groups attached to an aromatic ring is 1. The lowest BCUT2D eigenvalue weighted by Crippen LogP contribution is -2.26. The van der Waals surface area contributed by atoms with Crippen LogP contribution in [-0.4, -0.2) is 32.5 Å². The zero-order valence-electron chi connectivity index (χ0n) is 16.8. The number of nitrogens with zero attached hydrogens (tertiary/aromatic N) is 3. The van der Waals surface area contributed by atoms with Gasteiger partial charge < -0.3 is 16.4 Å². The molecule has 5 rings (SSSR count). The molecule has 1 aromatic carbocycles. The number of benzene rings is 1. The van der Waals surface area contributed by atoms with Crippen molar-refractivity contribution in [2.24, 2.45) is 0 Å². The number of hydrogen-bond donors (Lipinski definition) is 3. The molecule has 3 aromatic heterocycles. The number of aromatic nitrogens is 3. The lowest BCUT2D eigenvalue weighted by atomic mass is 10.1. The van der Waals surface area contributed by atoms with Crippen LogP contribution in [0.2, 0.25) is 0 Å². The molecule has 0 atom stereocenters. The zero-order valence-corrected chi connectivity index (χ0v) is 17.7. The molecule has 8 nitrogen and oxygen atoms in total. The van der Waals surface area contributed by atoms with Crippen LogP contribution < -0.4 is 16.4 Å². The molecule has 1 aliphatic carbocycles. The Kier molecular flexibility index (Phi) is 5.06. The molecule has 10 heteroatoms. The van der Waals surface area contributed by atoms with Crippen LogP contribution in [0.3, 0.4) is 0 Å². The molecule has 32 heavy (non-hydrogen) atoms. The Labute approximate surface area is 186 Å². The highest BCUT2D eigenvalue weighted by atomic mass is 32.1. The van der Waals surface area contributed by atoms with E-state index in [1.54, 1.807) is 30.5 Å². The Balaban J connectivity index is 1.39. The lowest BCUT2D eigenvalue weighted by molar-refractivity contribution is 0.0945. The van der Waals surface area contributed by atoms with Crippen LogP contribution in [0.4, 0.5) is 10.3 Å². The van der Waals surface area contributed by atoms with Crippen LogP contribution in [0.5, 0.6) is 0 Å². The van der Waals surface area contributed by atoms with Gasteiger partial charge in [-0.15, -0.1) is 16.4 Å². The van der Waals surface area contributed by atoms with E-state index in [9.17, 15) is 14.0 Å². The number of halogens is 1. The standard InChI is InChI=1S/C22H19FN6O2S/c23-15-3-1-12(2-4-15)9-25-21(31)18-8-14(11-32-18)13-7-17(20(30)26-16-5-6-16)19-27-22(24)28-29(19)10-13/h1-4,7-8,10-11,16H,5-6,9H2,(H2,24,28)(H,25,31)(H,26,30). The molecule has 0 radical (unpaired) electrons. The molecule has 0 bridgehead atoms. The van der Waals surface area contributed by atoms with Crippen molar-refractivity contribution in [3.05, 3.63) is 69.8 Å². The highest BCUT2D eigenvalue weighted by molar-refractivity contribution is 7.12. The Morgan fingerprint density at radius 1 is 1.16 bits per heavy atom. The monoisotopic (exact) mass is 450 g/mol. The van der Waals surface area contributed by atoms with E-state index in [-0.39, 0.29) is 29.6 Å². The second kappa shape index (κ2) is 8.04. The number of nitrogens with one attached hydrogen (secondary N) is 2. The summed E-state index contributed by atoms with van der Waals surface area (Å²) >= 11 is 1.29. The number of nitrogens with two attached hydrogens (primary N) is 1. The maximum atomic E-state index is 13.0. The maximum absolute atomic E-state index is 13.0. The summed E-state index contributed by atoms with van der Waals surface area (Å²) in [4.78, 5) is 30.0. The Hall–Kier alpha value is -3.79. The predicted octanol–water partition coefficient (Wildman–Crippen LogP) is 3.00. The molecule has 2 amide bonds. The summed E-state index contributed by atoms with van der Waals surface area (Å²) in [6.45, 7) is 0.294. The third-order valence-corrected chi connectivity index (χ3v) is 6.06. The molecule has 1 saturated carbocycles. The summed E-state index contributed by atoms with van der Waals surface area (Å²) in [5, 5.41) is 11.8. The summed E-state index contributed by atoms with van der Waals surface area (Å²) in [7, 11) is 0. The van der Waals surface area contributed by atoms with Gasteiger partial charge in [0.2, 0.25) is 5.95 Å². The van der Waals surface area contributed by atoms with Crippen LogP contribution in [0.1, 0.15) is 38.4 Å². The number of fused-ring (bicyclic) bond motifs is 1. The van der Waals surface area contributed by atoms with Gasteiger partial charge in [0, 0.05) is 24.3 Å². The fraction of sp³-hybridized carbons (Fsp3) is 0.182. The molecule has 0 aliphatic heterocycles. The number of carbonyl (C=O) groups excluding carboxylic acids is 2. The number of carbonyl (C=O) groups is 2. The molecule has 1 aliphatic rings. The van der Waals surface area contributed by atoms with Crippen molar-refractivity contribution in [1.29, 1.82) is 0 Å². The van der Waals surface area contributed by atoms with Gasteiger partial charge in [-0.3, -0.25) is 9.59 Å². The van der Waals surface area contributed by atoms with Gasteiger partial charge in [-0.2, -0.15) is 4.98 Å². The van der Waals surface area contributed by atoms with Crippen LogP contribution in [-0.2, 0) is 6.54 Å². The minimum atomic E-state index is -0.320. The van der Waals surface area contributed by atoms with Crippen molar-refractivity contribution >= 4 is 34.7 Å². The van der Waals surface area contributed by atoms with Crippen molar-refractivity contribution in [1.82, 2.24) is 25.2 Å². The topological polar surface area (TPSA) is 114 Å². The molecule has 3 heterocycles. The molecule has 0 unspecified atom stereocenters. The van der Waals surface area contributed by atoms with Crippen molar-refractivity contribution < 1.29 is 14.0 Å². The van der Waals surface area contributed by atoms with E-state index >= 15 is 0 Å². The summed E-state index contributed by atoms with van der Waals surface area (Å²) in [5.41, 5.74) is 8.82. The maximum Gasteiger partial charge on any atom is 0.261 e. The molecule has 4 N–H and O–H groups in total. The van der Waals surface area contributed by atoms with E-state index in [1.165, 1.54) is 28.0 Å². The molecule has 1 fully saturated rings. The summed E-state index contributed by atoms with van der Waals surface area (Å²) in [5.74, 6) is -0.698. The number of thiophene rings is 1. The molecule has 0 saturated heterocycles. The van der Waals surface area contributed by atoms with Gasteiger partial charge >= 0.3 is 0 Å². The Bertz CT molecular complexity index is 1330.